The summed E-state index contributed by atoms with van der Waals surface area (Å²) < 4.78 is 222. The van der Waals surface area contributed by atoms with Gasteiger partial charge in [0.25, 0.3) is 0 Å². The van der Waals surface area contributed by atoms with Crippen LogP contribution in [0.15, 0.2) is 157 Å². The number of fused-ring (bicyclic) bond motifs is 4. The largest absolute Gasteiger partial charge is 0.0636 e. The Hall–Kier alpha value is -5.20. The van der Waals surface area contributed by atoms with E-state index in [0.717, 1.165) is 6.07 Å². The molecule has 0 N–H and O–H groups in total. The molecule has 40 heavy (non-hydrogen) atoms. The van der Waals surface area contributed by atoms with E-state index in [1.807, 2.05) is 0 Å². The second-order valence-electron chi connectivity index (χ2n) is 8.58. The quantitative estimate of drug-likeness (QED) is 0.199. The summed E-state index contributed by atoms with van der Waals surface area (Å²) in [5.41, 5.74) is -4.11. The van der Waals surface area contributed by atoms with Crippen LogP contribution in [0.5, 0.6) is 0 Å². The van der Waals surface area contributed by atoms with E-state index in [0.29, 0.717) is 0 Å². The lowest BCUT2D eigenvalue weighted by Crippen LogP contribution is -1.92. The van der Waals surface area contributed by atoms with E-state index in [-0.39, 0.29) is 0 Å². The Balaban J connectivity index is 1.72. The molecule has 0 bridgehead atoms. The van der Waals surface area contributed by atoms with Crippen molar-refractivity contribution in [3.63, 3.8) is 0 Å². The van der Waals surface area contributed by atoms with Crippen LogP contribution in [-0.2, 0) is 0 Å². The van der Waals surface area contributed by atoms with Crippen molar-refractivity contribution >= 4 is 43.1 Å². The SMILES string of the molecule is [2H]c1cc2c(-c3c([2H])c([2H])c([2H])c(-c4c([2H])c([2H])c5c([2H])c([2H])c([2H])c([2H])c5c4[2H])c3[2H])c3c([2H])c([2H])c([2H])c([2H])c3c(-c3c([2H])c([2H])c([2H])c4c([2H])c([2H])c([2H])c([2H])c34)c2c([2H])c1[2H]. The lowest BCUT2D eigenvalue weighted by atomic mass is 9.84. The van der Waals surface area contributed by atoms with Crippen molar-refractivity contribution in [3.05, 3.63) is 157 Å². The van der Waals surface area contributed by atoms with Crippen LogP contribution >= 0.6 is 0 Å². The lowest BCUT2D eigenvalue weighted by Gasteiger charge is -2.19. The highest BCUT2D eigenvalue weighted by molar-refractivity contribution is 6.23. The average molecular weight is 532 g/mol. The highest BCUT2D eigenvalue weighted by Crippen LogP contribution is 2.45. The van der Waals surface area contributed by atoms with Crippen LogP contribution in [0.2, 0.25) is 0 Å². The Labute approximate surface area is 268 Å². The van der Waals surface area contributed by atoms with Gasteiger partial charge >= 0.3 is 0 Å². The van der Waals surface area contributed by atoms with Crippen molar-refractivity contribution < 1.29 is 34.3 Å². The van der Waals surface area contributed by atoms with Gasteiger partial charge in [0.2, 0.25) is 0 Å². The highest BCUT2D eigenvalue weighted by atomic mass is 14.2. The van der Waals surface area contributed by atoms with Gasteiger partial charge in [0.15, 0.2) is 0 Å². The second-order valence-corrected chi connectivity index (χ2v) is 8.58. The first-order valence-electron chi connectivity index (χ1n) is 24.3. The molecule has 0 atom stereocenters. The maximum absolute atomic E-state index is 9.69. The summed E-state index contributed by atoms with van der Waals surface area (Å²) in [4.78, 5) is 0. The Kier molecular flexibility index (Phi) is 2.05. The van der Waals surface area contributed by atoms with Crippen molar-refractivity contribution in [1.82, 2.24) is 0 Å². The predicted octanol–water partition coefficient (Wildman–Crippen LogP) is 11.3. The molecule has 0 aliphatic carbocycles. The first-order valence-corrected chi connectivity index (χ1v) is 11.8. The molecule has 0 radical (unpaired) electrons. The zero-order valence-electron chi connectivity index (χ0n) is 45.1. The third-order valence-corrected chi connectivity index (χ3v) is 6.39. The average Bonchev–Trinajstić information content (AvgIpc) is 3.27. The molecule has 0 heterocycles. The molecule has 0 unspecified atom stereocenters. The zero-order valence-corrected chi connectivity index (χ0v) is 20.1. The smallest absolute Gasteiger partial charge is 0.0616 e. The number of benzene rings is 8. The summed E-state index contributed by atoms with van der Waals surface area (Å²) in [6.07, 6.45) is 0. The van der Waals surface area contributed by atoms with Crippen molar-refractivity contribution in [2.45, 2.75) is 0 Å². The minimum atomic E-state index is -1.01. The van der Waals surface area contributed by atoms with Crippen LogP contribution in [0.25, 0.3) is 76.5 Å². The molecular formula is C40H26. The van der Waals surface area contributed by atoms with Gasteiger partial charge < -0.3 is 0 Å². The van der Waals surface area contributed by atoms with E-state index in [4.69, 9.17) is 24.7 Å². The maximum atomic E-state index is 9.69. The second kappa shape index (κ2) is 9.22. The van der Waals surface area contributed by atoms with Gasteiger partial charge in [0, 0.05) is 0 Å². The van der Waals surface area contributed by atoms with Crippen molar-refractivity contribution in [1.29, 1.82) is 0 Å². The topological polar surface area (TPSA) is 0 Å². The minimum Gasteiger partial charge on any atom is -0.0616 e. The third-order valence-electron chi connectivity index (χ3n) is 6.39. The van der Waals surface area contributed by atoms with Gasteiger partial charge in [-0.3, -0.25) is 0 Å². The summed E-state index contributed by atoms with van der Waals surface area (Å²) in [6.45, 7) is 0. The van der Waals surface area contributed by atoms with Crippen LogP contribution in [0, 0.1) is 0 Å². The monoisotopic (exact) mass is 531 g/mol. The Morgan fingerprint density at radius 1 is 0.325 bits per heavy atom. The van der Waals surface area contributed by atoms with Crippen LogP contribution < -0.4 is 0 Å². The molecule has 0 spiro atoms. The molecule has 8 aromatic carbocycles. The summed E-state index contributed by atoms with van der Waals surface area (Å²) in [6, 6.07) is -20.9. The first kappa shape index (κ1) is 8.91. The summed E-state index contributed by atoms with van der Waals surface area (Å²) in [5.74, 6) is 0. The Bertz CT molecular complexity index is 3590. The zero-order chi connectivity index (χ0) is 48.2. The summed E-state index contributed by atoms with van der Waals surface area (Å²) in [5, 5.41) is -4.56. The van der Waals surface area contributed by atoms with Crippen LogP contribution in [0.1, 0.15) is 34.3 Å². The van der Waals surface area contributed by atoms with Gasteiger partial charge in [0.1, 0.15) is 0 Å². The molecule has 0 heteroatoms. The molecule has 0 aromatic heterocycles. The van der Waals surface area contributed by atoms with Crippen molar-refractivity contribution in [3.8, 4) is 33.4 Å². The number of hydrogen-bond donors (Lipinski definition) is 0. The van der Waals surface area contributed by atoms with Crippen molar-refractivity contribution in [2.75, 3.05) is 0 Å². The van der Waals surface area contributed by atoms with E-state index < -0.39 is 228 Å². The lowest BCUT2D eigenvalue weighted by molar-refractivity contribution is 1.63. The van der Waals surface area contributed by atoms with Crippen LogP contribution in [-0.4, -0.2) is 0 Å². The summed E-state index contributed by atoms with van der Waals surface area (Å²) in [7, 11) is 0. The molecule has 0 aliphatic heterocycles. The minimum absolute atomic E-state index is 0.463. The fraction of sp³-hybridized carbons (Fsp3) is 0. The van der Waals surface area contributed by atoms with Gasteiger partial charge in [-0.25, -0.2) is 0 Å². The van der Waals surface area contributed by atoms with Crippen LogP contribution in [0.3, 0.4) is 0 Å². The van der Waals surface area contributed by atoms with E-state index in [9.17, 15) is 9.60 Å². The number of rotatable bonds is 3. The van der Waals surface area contributed by atoms with Gasteiger partial charge in [0.05, 0.1) is 34.3 Å². The Morgan fingerprint density at radius 3 is 1.75 bits per heavy atom. The molecule has 0 saturated carbocycles. The standard InChI is InChI=1S/C40H26/c1-2-13-29-25-31(24-23-27(29)11-1)30-15-9-16-32(26-30)39-35-18-5-7-20-37(35)40(38-21-8-6-19-36(38)39)34-22-10-14-28-12-3-4-17-33(28)34/h1-26H/i1D,2D,3D,4D,5D,6D,7D,8D,9D,10D,11D,12D,13D,14D,15D,16D,17D,18D,20D,21D,22D,23D,24D,25D,26D. The molecule has 0 nitrogen and oxygen atoms in total. The van der Waals surface area contributed by atoms with E-state index >= 15 is 0 Å². The van der Waals surface area contributed by atoms with Crippen LogP contribution in [0.4, 0.5) is 0 Å². The molecule has 0 amide bonds. The fourth-order valence-corrected chi connectivity index (χ4v) is 4.70. The van der Waals surface area contributed by atoms with E-state index in [1.54, 1.807) is 0 Å². The molecule has 8 rings (SSSR count). The molecule has 8 aromatic rings. The van der Waals surface area contributed by atoms with Gasteiger partial charge in [-0.1, -0.05) is 145 Å². The molecule has 0 aliphatic rings. The first-order chi connectivity index (χ1) is 30.3. The maximum Gasteiger partial charge on any atom is 0.0636 e. The molecule has 0 fully saturated rings. The fourth-order valence-electron chi connectivity index (χ4n) is 4.70. The number of hydrogen-bond acceptors (Lipinski definition) is 0. The predicted molar refractivity (Wildman–Crippen MR) is 173 cm³/mol. The molecule has 186 valence electrons. The van der Waals surface area contributed by atoms with Gasteiger partial charge in [-0.05, 0) is 88.6 Å². The Morgan fingerprint density at radius 2 is 0.900 bits per heavy atom. The normalized spacial score (nSPS) is 20.2. The van der Waals surface area contributed by atoms with Gasteiger partial charge in [-0.2, -0.15) is 0 Å². The molecule has 0 saturated heterocycles. The van der Waals surface area contributed by atoms with E-state index in [1.165, 1.54) is 0 Å². The molecular weight excluding hydrogens is 480 g/mol. The third kappa shape index (κ3) is 3.61. The summed E-state index contributed by atoms with van der Waals surface area (Å²) >= 11 is 0. The van der Waals surface area contributed by atoms with Gasteiger partial charge in [-0.15, -0.1) is 0 Å². The van der Waals surface area contributed by atoms with Crippen molar-refractivity contribution in [2.24, 2.45) is 0 Å². The highest BCUT2D eigenvalue weighted by Gasteiger charge is 2.18. The van der Waals surface area contributed by atoms with E-state index in [2.05, 4.69) is 0 Å².